The van der Waals surface area contributed by atoms with E-state index in [-0.39, 0.29) is 16.2 Å². The summed E-state index contributed by atoms with van der Waals surface area (Å²) < 4.78 is 7.30. The van der Waals surface area contributed by atoms with Crippen LogP contribution in [0.4, 0.5) is 0 Å². The van der Waals surface area contributed by atoms with Crippen LogP contribution in [-0.4, -0.2) is 28.7 Å². The average Bonchev–Trinajstić information content (AvgIpc) is 1.58. The van der Waals surface area contributed by atoms with Gasteiger partial charge in [0, 0.05) is 82.3 Å². The van der Waals surface area contributed by atoms with E-state index in [2.05, 4.69) is 310 Å². The molecule has 0 bridgehead atoms. The first kappa shape index (κ1) is 51.1. The second-order valence-corrected chi connectivity index (χ2v) is 26.8. The van der Waals surface area contributed by atoms with E-state index in [4.69, 9.17) is 15.0 Å². The zero-order valence-electron chi connectivity index (χ0n) is 50.9. The lowest BCUT2D eigenvalue weighted by molar-refractivity contribution is 0.661. The van der Waals surface area contributed by atoms with E-state index >= 15 is 0 Å². The van der Waals surface area contributed by atoms with Gasteiger partial charge in [-0.2, -0.15) is 0 Å². The fourth-order valence-corrected chi connectivity index (χ4v) is 16.4. The van der Waals surface area contributed by atoms with Crippen LogP contribution >= 0.6 is 0 Å². The third-order valence-corrected chi connectivity index (χ3v) is 20.9. The Bertz CT molecular complexity index is 5580. The van der Waals surface area contributed by atoms with Crippen LogP contribution in [0.25, 0.3) is 150 Å². The third kappa shape index (κ3) is 6.96. The predicted molar refractivity (Wildman–Crippen MR) is 372 cm³/mol. The molecular formula is C84H60N6. The molecule has 3 aliphatic rings. The van der Waals surface area contributed by atoms with E-state index in [0.29, 0.717) is 17.5 Å². The highest BCUT2D eigenvalue weighted by Gasteiger charge is 2.39. The van der Waals surface area contributed by atoms with Crippen LogP contribution < -0.4 is 0 Å². The van der Waals surface area contributed by atoms with Gasteiger partial charge < -0.3 is 13.7 Å². The minimum atomic E-state index is -0.157. The summed E-state index contributed by atoms with van der Waals surface area (Å²) in [5.41, 5.74) is 28.4. The zero-order valence-corrected chi connectivity index (χ0v) is 50.9. The molecule has 19 rings (SSSR count). The quantitative estimate of drug-likeness (QED) is 0.167. The van der Waals surface area contributed by atoms with Crippen molar-refractivity contribution in [2.24, 2.45) is 0 Å². The van der Waals surface area contributed by atoms with Crippen LogP contribution in [0.3, 0.4) is 0 Å². The standard InChI is InChI=1S/C84H60N6/c1-82(2)67-31-13-7-25-55(67)61-43-64-58-28-10-16-34-73(58)88(76(64)46-70(61)82)52-39-37-49(38-40-52)79-85-80(50-21-19-23-53(41-50)89-74-35-17-11-29-59(74)65-44-62-56-26-8-14-32-68(56)83(3,4)71(62)47-77(65)89)87-81(86-79)51-22-20-24-54(42-51)90-75-36-18-12-30-60(75)66-45-63-57-27-9-15-33-69(57)84(5,6)72(63)48-78(66)90/h7-48H,1-6H3. The van der Waals surface area contributed by atoms with Crippen LogP contribution in [-0.2, 0) is 16.2 Å². The van der Waals surface area contributed by atoms with Crippen LogP contribution in [0.2, 0.25) is 0 Å². The Morgan fingerprint density at radius 3 is 0.922 bits per heavy atom. The van der Waals surface area contributed by atoms with Gasteiger partial charge >= 0.3 is 0 Å². The molecule has 6 nitrogen and oxygen atoms in total. The van der Waals surface area contributed by atoms with E-state index in [1.807, 2.05) is 0 Å². The molecule has 0 unspecified atom stereocenters. The molecule has 0 aliphatic heterocycles. The van der Waals surface area contributed by atoms with Crippen LogP contribution in [0.5, 0.6) is 0 Å². The number of aromatic nitrogens is 6. The Morgan fingerprint density at radius 1 is 0.222 bits per heavy atom. The van der Waals surface area contributed by atoms with Gasteiger partial charge in [-0.25, -0.2) is 15.0 Å². The maximum atomic E-state index is 5.51. The molecule has 4 heterocycles. The smallest absolute Gasteiger partial charge is 0.164 e. The van der Waals surface area contributed by atoms with Crippen molar-refractivity contribution in [1.82, 2.24) is 28.7 Å². The van der Waals surface area contributed by atoms with E-state index in [1.54, 1.807) is 0 Å². The number of rotatable bonds is 6. The molecule has 3 aliphatic carbocycles. The Balaban J connectivity index is 0.785. The van der Waals surface area contributed by atoms with Crippen molar-refractivity contribution in [2.75, 3.05) is 0 Å². The zero-order chi connectivity index (χ0) is 60.1. The summed E-state index contributed by atoms with van der Waals surface area (Å²) in [6.45, 7) is 14.2. The summed E-state index contributed by atoms with van der Waals surface area (Å²) >= 11 is 0. The summed E-state index contributed by atoms with van der Waals surface area (Å²) in [5.74, 6) is 1.79. The van der Waals surface area contributed by atoms with Crippen molar-refractivity contribution in [3.05, 3.63) is 288 Å². The number of hydrogen-bond donors (Lipinski definition) is 0. The molecular weight excluding hydrogens is 1090 g/mol. The lowest BCUT2D eigenvalue weighted by atomic mass is 9.82. The first-order valence-corrected chi connectivity index (χ1v) is 31.5. The molecule has 6 heteroatoms. The fraction of sp³-hybridized carbons (Fsp3) is 0.107. The molecule has 0 N–H and O–H groups in total. The van der Waals surface area contributed by atoms with Crippen LogP contribution in [0, 0.1) is 0 Å². The molecule has 90 heavy (non-hydrogen) atoms. The minimum absolute atomic E-state index is 0.139. The Labute approximate surface area is 521 Å². The molecule has 12 aromatic carbocycles. The first-order chi connectivity index (χ1) is 43.9. The molecule has 0 saturated heterocycles. The van der Waals surface area contributed by atoms with Crippen molar-refractivity contribution in [3.63, 3.8) is 0 Å². The minimum Gasteiger partial charge on any atom is -0.309 e. The molecule has 0 atom stereocenters. The molecule has 4 aromatic heterocycles. The maximum Gasteiger partial charge on any atom is 0.164 e. The molecule has 0 saturated carbocycles. The number of para-hydroxylation sites is 3. The Hall–Kier alpha value is -11.0. The molecule has 0 amide bonds. The lowest BCUT2D eigenvalue weighted by Crippen LogP contribution is -2.15. The number of fused-ring (bicyclic) bond motifs is 18. The van der Waals surface area contributed by atoms with E-state index in [0.717, 1.165) is 44.8 Å². The third-order valence-electron chi connectivity index (χ3n) is 20.9. The highest BCUT2D eigenvalue weighted by atomic mass is 15.0. The van der Waals surface area contributed by atoms with Crippen LogP contribution in [0.15, 0.2) is 255 Å². The van der Waals surface area contributed by atoms with Gasteiger partial charge in [-0.15, -0.1) is 0 Å². The highest BCUT2D eigenvalue weighted by molar-refractivity contribution is 6.14. The van der Waals surface area contributed by atoms with Crippen molar-refractivity contribution in [2.45, 2.75) is 57.8 Å². The number of nitrogens with zero attached hydrogens (tertiary/aromatic N) is 6. The summed E-state index contributed by atoms with van der Waals surface area (Å²) in [6.07, 6.45) is 0. The summed E-state index contributed by atoms with van der Waals surface area (Å²) in [4.78, 5) is 16.5. The van der Waals surface area contributed by atoms with Crippen molar-refractivity contribution < 1.29 is 0 Å². The topological polar surface area (TPSA) is 53.5 Å². The SMILES string of the molecule is CC1(C)c2ccccc2-c2cc3c4ccccc4n(-c4ccc(-c5nc(-c6cccc(-n7c8ccccc8c8cc9c(cc87)C(C)(C)c7ccccc7-9)c6)nc(-c6cccc(-n7c8ccccc8c8cc9c(cc87)C(C)(C)c7ccccc7-9)c6)n5)cc4)c3cc21. The van der Waals surface area contributed by atoms with Gasteiger partial charge in [-0.3, -0.25) is 0 Å². The van der Waals surface area contributed by atoms with Crippen LogP contribution in [0.1, 0.15) is 74.9 Å². The van der Waals surface area contributed by atoms with E-state index in [1.165, 1.54) is 121 Å². The van der Waals surface area contributed by atoms with Gasteiger partial charge in [0.15, 0.2) is 17.5 Å². The summed E-state index contributed by atoms with van der Waals surface area (Å²) in [5, 5.41) is 7.38. The van der Waals surface area contributed by atoms with Gasteiger partial charge in [-0.1, -0.05) is 193 Å². The van der Waals surface area contributed by atoms with E-state index in [9.17, 15) is 0 Å². The predicted octanol–water partition coefficient (Wildman–Crippen LogP) is 21.1. The summed E-state index contributed by atoms with van der Waals surface area (Å²) in [7, 11) is 0. The molecule has 0 spiro atoms. The van der Waals surface area contributed by atoms with E-state index < -0.39 is 0 Å². The lowest BCUT2D eigenvalue weighted by Gasteiger charge is -2.21. The maximum absolute atomic E-state index is 5.51. The molecule has 426 valence electrons. The van der Waals surface area contributed by atoms with Gasteiger partial charge in [0.1, 0.15) is 0 Å². The van der Waals surface area contributed by atoms with Gasteiger partial charge in [-0.05, 0) is 170 Å². The Kier molecular flexibility index (Phi) is 10.3. The second kappa shape index (κ2) is 18.1. The number of benzene rings is 12. The molecule has 0 fully saturated rings. The highest BCUT2D eigenvalue weighted by Crippen LogP contribution is 2.54. The Morgan fingerprint density at radius 2 is 0.544 bits per heavy atom. The largest absolute Gasteiger partial charge is 0.309 e. The van der Waals surface area contributed by atoms with Gasteiger partial charge in [0.25, 0.3) is 0 Å². The molecule has 16 aromatic rings. The van der Waals surface area contributed by atoms with Crippen molar-refractivity contribution in [3.8, 4) is 84.6 Å². The van der Waals surface area contributed by atoms with Gasteiger partial charge in [0.05, 0.1) is 33.1 Å². The normalized spacial score (nSPS) is 14.6. The second-order valence-electron chi connectivity index (χ2n) is 26.8. The fourth-order valence-electron chi connectivity index (χ4n) is 16.4. The summed E-state index contributed by atoms with van der Waals surface area (Å²) in [6, 6.07) is 94.2. The van der Waals surface area contributed by atoms with Gasteiger partial charge in [0.2, 0.25) is 0 Å². The molecule has 0 radical (unpaired) electrons. The monoisotopic (exact) mass is 1150 g/mol. The number of hydrogen-bond acceptors (Lipinski definition) is 3. The van der Waals surface area contributed by atoms with Crippen molar-refractivity contribution >= 4 is 65.4 Å². The average molecular weight is 1150 g/mol. The van der Waals surface area contributed by atoms with Crippen molar-refractivity contribution in [1.29, 1.82) is 0 Å². The first-order valence-electron chi connectivity index (χ1n) is 31.5.